The maximum absolute atomic E-state index is 13.3. The Morgan fingerprint density at radius 2 is 1.94 bits per heavy atom. The van der Waals surface area contributed by atoms with Crippen molar-refractivity contribution in [2.45, 2.75) is 12.8 Å². The molecule has 1 aromatic carbocycles. The van der Waals surface area contributed by atoms with Gasteiger partial charge in [0.1, 0.15) is 11.6 Å². The SMILES string of the molecule is O=C(C1=CCCCO1)c1c(F)cccc1F. The quantitative estimate of drug-likeness (QED) is 0.722. The van der Waals surface area contributed by atoms with Crippen molar-refractivity contribution < 1.29 is 18.3 Å². The summed E-state index contributed by atoms with van der Waals surface area (Å²) in [7, 11) is 0. The fraction of sp³-hybridized carbons (Fsp3) is 0.250. The van der Waals surface area contributed by atoms with Gasteiger partial charge in [-0.3, -0.25) is 4.79 Å². The minimum Gasteiger partial charge on any atom is -0.490 e. The van der Waals surface area contributed by atoms with Crippen LogP contribution in [-0.4, -0.2) is 12.4 Å². The van der Waals surface area contributed by atoms with Crippen molar-refractivity contribution in [1.29, 1.82) is 0 Å². The smallest absolute Gasteiger partial charge is 0.233 e. The summed E-state index contributed by atoms with van der Waals surface area (Å²) in [5.74, 6) is -2.41. The van der Waals surface area contributed by atoms with Crippen LogP contribution >= 0.6 is 0 Å². The van der Waals surface area contributed by atoms with Crippen molar-refractivity contribution in [3.05, 3.63) is 47.2 Å². The molecule has 0 amide bonds. The molecule has 0 N–H and O–H groups in total. The minimum atomic E-state index is -0.861. The molecule has 1 heterocycles. The maximum Gasteiger partial charge on any atom is 0.233 e. The summed E-state index contributed by atoms with van der Waals surface area (Å²) in [5.41, 5.74) is -0.546. The van der Waals surface area contributed by atoms with Gasteiger partial charge in [0.2, 0.25) is 5.78 Å². The van der Waals surface area contributed by atoms with E-state index in [0.717, 1.165) is 18.6 Å². The first-order valence-corrected chi connectivity index (χ1v) is 5.02. The molecular weight excluding hydrogens is 214 g/mol. The van der Waals surface area contributed by atoms with Crippen LogP contribution in [0.2, 0.25) is 0 Å². The molecule has 1 aliphatic rings. The first-order valence-electron chi connectivity index (χ1n) is 5.02. The lowest BCUT2D eigenvalue weighted by Crippen LogP contribution is -2.14. The third kappa shape index (κ3) is 1.96. The monoisotopic (exact) mass is 224 g/mol. The molecule has 0 bridgehead atoms. The van der Waals surface area contributed by atoms with Crippen LogP contribution in [0, 0.1) is 11.6 Å². The Bertz CT molecular complexity index is 432. The molecule has 16 heavy (non-hydrogen) atoms. The summed E-state index contributed by atoms with van der Waals surface area (Å²) in [6.45, 7) is 0.410. The van der Waals surface area contributed by atoms with Crippen LogP contribution in [-0.2, 0) is 4.74 Å². The summed E-state index contributed by atoms with van der Waals surface area (Å²) in [4.78, 5) is 11.8. The highest BCUT2D eigenvalue weighted by molar-refractivity contribution is 6.07. The van der Waals surface area contributed by atoms with Gasteiger partial charge in [0.05, 0.1) is 12.2 Å². The Morgan fingerprint density at radius 1 is 1.25 bits per heavy atom. The van der Waals surface area contributed by atoms with Crippen molar-refractivity contribution in [2.24, 2.45) is 0 Å². The summed E-state index contributed by atoms with van der Waals surface area (Å²) >= 11 is 0. The van der Waals surface area contributed by atoms with Gasteiger partial charge in [0, 0.05) is 0 Å². The average Bonchev–Trinajstić information content (AvgIpc) is 2.30. The van der Waals surface area contributed by atoms with Gasteiger partial charge in [-0.05, 0) is 31.1 Å². The third-order valence-corrected chi connectivity index (χ3v) is 2.35. The van der Waals surface area contributed by atoms with Gasteiger partial charge < -0.3 is 4.74 Å². The highest BCUT2D eigenvalue weighted by Crippen LogP contribution is 2.20. The number of carbonyl (C=O) groups is 1. The fourth-order valence-corrected chi connectivity index (χ4v) is 1.55. The molecule has 0 fully saturated rings. The van der Waals surface area contributed by atoms with Crippen LogP contribution in [0.4, 0.5) is 8.78 Å². The summed E-state index contributed by atoms with van der Waals surface area (Å²) in [6.07, 6.45) is 3.07. The van der Waals surface area contributed by atoms with Gasteiger partial charge >= 0.3 is 0 Å². The number of Topliss-reactive ketones (excluding diaryl/α,β-unsaturated/α-hetero) is 1. The Labute approximate surface area is 91.5 Å². The molecule has 0 radical (unpaired) electrons. The first-order chi connectivity index (χ1) is 7.70. The van der Waals surface area contributed by atoms with Gasteiger partial charge in [0.15, 0.2) is 5.76 Å². The molecule has 1 aromatic rings. The van der Waals surface area contributed by atoms with Gasteiger partial charge in [-0.15, -0.1) is 0 Å². The lowest BCUT2D eigenvalue weighted by molar-refractivity contribution is 0.0891. The van der Waals surface area contributed by atoms with E-state index in [9.17, 15) is 13.6 Å². The number of hydrogen-bond acceptors (Lipinski definition) is 2. The van der Waals surface area contributed by atoms with E-state index in [1.807, 2.05) is 0 Å². The Hall–Kier alpha value is -1.71. The Balaban J connectivity index is 2.37. The highest BCUT2D eigenvalue weighted by atomic mass is 19.1. The number of hydrogen-bond donors (Lipinski definition) is 0. The number of allylic oxidation sites excluding steroid dienone is 2. The van der Waals surface area contributed by atoms with Crippen molar-refractivity contribution in [3.8, 4) is 0 Å². The molecular formula is C12H10F2O2. The largest absolute Gasteiger partial charge is 0.490 e. The standard InChI is InChI=1S/C12H10F2O2/c13-8-4-3-5-9(14)11(8)12(15)10-6-1-2-7-16-10/h3-6H,1-2,7H2. The number of carbonyl (C=O) groups excluding carboxylic acids is 1. The fourth-order valence-electron chi connectivity index (χ4n) is 1.55. The topological polar surface area (TPSA) is 26.3 Å². The van der Waals surface area contributed by atoms with E-state index in [4.69, 9.17) is 4.74 Å². The highest BCUT2D eigenvalue weighted by Gasteiger charge is 2.22. The second-order valence-electron chi connectivity index (χ2n) is 3.48. The van der Waals surface area contributed by atoms with Crippen LogP contribution in [0.25, 0.3) is 0 Å². The lowest BCUT2D eigenvalue weighted by Gasteiger charge is -2.14. The summed E-state index contributed by atoms with van der Waals surface area (Å²) in [6, 6.07) is 3.33. The predicted octanol–water partition coefficient (Wildman–Crippen LogP) is 2.84. The maximum atomic E-state index is 13.3. The summed E-state index contributed by atoms with van der Waals surface area (Å²) in [5, 5.41) is 0. The molecule has 1 aliphatic heterocycles. The second-order valence-corrected chi connectivity index (χ2v) is 3.48. The molecule has 4 heteroatoms. The zero-order valence-corrected chi connectivity index (χ0v) is 8.50. The van der Waals surface area contributed by atoms with Gasteiger partial charge in [-0.2, -0.15) is 0 Å². The second kappa shape index (κ2) is 4.43. The van der Waals surface area contributed by atoms with Crippen molar-refractivity contribution in [2.75, 3.05) is 6.61 Å². The molecule has 0 saturated carbocycles. The zero-order chi connectivity index (χ0) is 11.5. The van der Waals surface area contributed by atoms with E-state index in [0.29, 0.717) is 13.0 Å². The van der Waals surface area contributed by atoms with Crippen LogP contribution in [0.1, 0.15) is 23.2 Å². The number of halogens is 2. The average molecular weight is 224 g/mol. The number of ketones is 1. The Kier molecular flexibility index (Phi) is 2.99. The van der Waals surface area contributed by atoms with Crippen molar-refractivity contribution in [1.82, 2.24) is 0 Å². The van der Waals surface area contributed by atoms with Crippen molar-refractivity contribution >= 4 is 5.78 Å². The molecule has 0 aromatic heterocycles. The molecule has 2 nitrogen and oxygen atoms in total. The molecule has 0 aliphatic carbocycles. The lowest BCUT2D eigenvalue weighted by atomic mass is 10.1. The van der Waals surface area contributed by atoms with Crippen LogP contribution in [0.5, 0.6) is 0 Å². The van der Waals surface area contributed by atoms with Crippen molar-refractivity contribution in [3.63, 3.8) is 0 Å². The molecule has 0 atom stereocenters. The number of benzene rings is 1. The third-order valence-electron chi connectivity index (χ3n) is 2.35. The van der Waals surface area contributed by atoms with Gasteiger partial charge in [0.25, 0.3) is 0 Å². The molecule has 0 unspecified atom stereocenters. The zero-order valence-electron chi connectivity index (χ0n) is 8.50. The van der Waals surface area contributed by atoms with E-state index >= 15 is 0 Å². The molecule has 2 rings (SSSR count). The molecule has 0 saturated heterocycles. The molecule has 84 valence electrons. The van der Waals surface area contributed by atoms with E-state index in [-0.39, 0.29) is 5.76 Å². The normalized spacial score (nSPS) is 15.2. The number of rotatable bonds is 2. The van der Waals surface area contributed by atoms with Crippen LogP contribution in [0.15, 0.2) is 30.0 Å². The summed E-state index contributed by atoms with van der Waals surface area (Å²) < 4.78 is 31.7. The van der Waals surface area contributed by atoms with Crippen LogP contribution < -0.4 is 0 Å². The van der Waals surface area contributed by atoms with E-state index in [1.165, 1.54) is 6.07 Å². The first kappa shape index (κ1) is 10.8. The minimum absolute atomic E-state index is 0.0373. The van der Waals surface area contributed by atoms with E-state index in [2.05, 4.69) is 0 Å². The van der Waals surface area contributed by atoms with Gasteiger partial charge in [-0.1, -0.05) is 6.07 Å². The van der Waals surface area contributed by atoms with E-state index < -0.39 is 23.0 Å². The molecule has 0 spiro atoms. The predicted molar refractivity (Wildman–Crippen MR) is 54.0 cm³/mol. The van der Waals surface area contributed by atoms with Crippen LogP contribution in [0.3, 0.4) is 0 Å². The Morgan fingerprint density at radius 3 is 2.50 bits per heavy atom. The van der Waals surface area contributed by atoms with Gasteiger partial charge in [-0.25, -0.2) is 8.78 Å². The van der Waals surface area contributed by atoms with E-state index in [1.54, 1.807) is 6.08 Å². The number of ether oxygens (including phenoxy) is 1.